The summed E-state index contributed by atoms with van der Waals surface area (Å²) in [6.45, 7) is 2.97. The van der Waals surface area contributed by atoms with Crippen molar-refractivity contribution in [3.8, 4) is 11.1 Å². The molecule has 28 heavy (non-hydrogen) atoms. The highest BCUT2D eigenvalue weighted by molar-refractivity contribution is 5.95. The molecular formula is C22H21N3O3. The monoisotopic (exact) mass is 375 g/mol. The van der Waals surface area contributed by atoms with Crippen LogP contribution >= 0.6 is 0 Å². The highest BCUT2D eigenvalue weighted by Crippen LogP contribution is 2.24. The molecule has 1 aromatic heterocycles. The second kappa shape index (κ2) is 7.68. The van der Waals surface area contributed by atoms with E-state index in [1.165, 1.54) is 0 Å². The lowest BCUT2D eigenvalue weighted by molar-refractivity contribution is 0.0513. The Kier molecular flexibility index (Phi) is 4.93. The first-order chi connectivity index (χ1) is 13.7. The predicted molar refractivity (Wildman–Crippen MR) is 105 cm³/mol. The van der Waals surface area contributed by atoms with E-state index in [4.69, 9.17) is 4.74 Å². The molecule has 0 saturated carbocycles. The number of esters is 1. The van der Waals surface area contributed by atoms with Crippen LogP contribution in [-0.2, 0) is 17.7 Å². The van der Waals surface area contributed by atoms with E-state index in [-0.39, 0.29) is 18.2 Å². The Morgan fingerprint density at radius 3 is 2.50 bits per heavy atom. The largest absolute Gasteiger partial charge is 0.461 e. The summed E-state index contributed by atoms with van der Waals surface area (Å²) >= 11 is 0. The number of amides is 1. The van der Waals surface area contributed by atoms with Crippen LogP contribution < -0.4 is 0 Å². The highest BCUT2D eigenvalue weighted by atomic mass is 16.5. The Morgan fingerprint density at radius 1 is 1.07 bits per heavy atom. The van der Waals surface area contributed by atoms with Crippen molar-refractivity contribution in [2.45, 2.75) is 19.9 Å². The number of nitrogens with zero attached hydrogens (tertiary/aromatic N) is 2. The maximum atomic E-state index is 13.0. The van der Waals surface area contributed by atoms with E-state index < -0.39 is 5.97 Å². The molecule has 0 bridgehead atoms. The molecule has 6 nitrogen and oxygen atoms in total. The van der Waals surface area contributed by atoms with Gasteiger partial charge in [0.05, 0.1) is 13.2 Å². The van der Waals surface area contributed by atoms with Crippen molar-refractivity contribution in [2.24, 2.45) is 0 Å². The fourth-order valence-corrected chi connectivity index (χ4v) is 3.46. The summed E-state index contributed by atoms with van der Waals surface area (Å²) in [6.07, 6.45) is 0.635. The molecule has 2 aromatic carbocycles. The maximum Gasteiger partial charge on any atom is 0.359 e. The zero-order valence-corrected chi connectivity index (χ0v) is 15.6. The van der Waals surface area contributed by atoms with Gasteiger partial charge in [0, 0.05) is 29.8 Å². The van der Waals surface area contributed by atoms with Crippen molar-refractivity contribution in [1.82, 2.24) is 15.1 Å². The van der Waals surface area contributed by atoms with Gasteiger partial charge in [-0.2, -0.15) is 5.10 Å². The van der Waals surface area contributed by atoms with Gasteiger partial charge >= 0.3 is 5.97 Å². The number of nitrogens with one attached hydrogen (secondary N) is 1. The number of ether oxygens (including phenoxy) is 1. The average molecular weight is 375 g/mol. The van der Waals surface area contributed by atoms with Crippen molar-refractivity contribution in [2.75, 3.05) is 13.2 Å². The van der Waals surface area contributed by atoms with Gasteiger partial charge in [-0.05, 0) is 30.2 Å². The number of hydrogen-bond donors (Lipinski definition) is 1. The van der Waals surface area contributed by atoms with Crippen LogP contribution in [0.2, 0.25) is 0 Å². The molecule has 0 saturated heterocycles. The van der Waals surface area contributed by atoms with Gasteiger partial charge in [0.2, 0.25) is 0 Å². The van der Waals surface area contributed by atoms with Crippen LogP contribution in [0.5, 0.6) is 0 Å². The molecular weight excluding hydrogens is 354 g/mol. The minimum atomic E-state index is -0.457. The van der Waals surface area contributed by atoms with E-state index in [1.54, 1.807) is 11.8 Å². The lowest BCUT2D eigenvalue weighted by atomic mass is 10.0. The second-order valence-electron chi connectivity index (χ2n) is 6.67. The lowest BCUT2D eigenvalue weighted by Gasteiger charge is -2.27. The molecule has 0 unspecified atom stereocenters. The zero-order valence-electron chi connectivity index (χ0n) is 15.6. The SMILES string of the molecule is CCOC(=O)c1n[nH]c2c1CN(C(=O)c1ccc(-c3ccccc3)cc1)CC2. The Morgan fingerprint density at radius 2 is 1.79 bits per heavy atom. The number of benzene rings is 2. The van der Waals surface area contributed by atoms with E-state index >= 15 is 0 Å². The highest BCUT2D eigenvalue weighted by Gasteiger charge is 2.28. The molecule has 0 radical (unpaired) electrons. The molecule has 1 amide bonds. The minimum Gasteiger partial charge on any atom is -0.461 e. The van der Waals surface area contributed by atoms with Crippen LogP contribution in [0.4, 0.5) is 0 Å². The molecule has 3 aromatic rings. The van der Waals surface area contributed by atoms with E-state index in [9.17, 15) is 9.59 Å². The van der Waals surface area contributed by atoms with E-state index in [0.29, 0.717) is 25.1 Å². The van der Waals surface area contributed by atoms with Crippen molar-refractivity contribution < 1.29 is 14.3 Å². The van der Waals surface area contributed by atoms with Gasteiger partial charge in [0.25, 0.3) is 5.91 Å². The number of carbonyl (C=O) groups is 2. The van der Waals surface area contributed by atoms with Gasteiger partial charge < -0.3 is 9.64 Å². The Balaban J connectivity index is 1.52. The maximum absolute atomic E-state index is 13.0. The summed E-state index contributed by atoms with van der Waals surface area (Å²) in [5.74, 6) is -0.511. The third-order valence-electron chi connectivity index (χ3n) is 4.93. The Hall–Kier alpha value is -3.41. The molecule has 142 valence electrons. The topological polar surface area (TPSA) is 75.3 Å². The van der Waals surface area contributed by atoms with E-state index in [0.717, 1.165) is 22.4 Å². The van der Waals surface area contributed by atoms with E-state index in [2.05, 4.69) is 10.2 Å². The number of fused-ring (bicyclic) bond motifs is 1. The molecule has 0 aliphatic carbocycles. The molecule has 0 fully saturated rings. The number of H-pyrrole nitrogens is 1. The Labute approximate surface area is 163 Å². The van der Waals surface area contributed by atoms with Crippen LogP contribution in [-0.4, -0.2) is 40.1 Å². The summed E-state index contributed by atoms with van der Waals surface area (Å²) in [4.78, 5) is 26.8. The molecule has 1 N–H and O–H groups in total. The third-order valence-corrected chi connectivity index (χ3v) is 4.93. The molecule has 2 heterocycles. The van der Waals surface area contributed by atoms with Crippen LogP contribution in [0.25, 0.3) is 11.1 Å². The summed E-state index contributed by atoms with van der Waals surface area (Å²) < 4.78 is 5.06. The minimum absolute atomic E-state index is 0.0544. The first-order valence-electron chi connectivity index (χ1n) is 9.35. The van der Waals surface area contributed by atoms with Crippen molar-refractivity contribution in [1.29, 1.82) is 0 Å². The third kappa shape index (κ3) is 3.41. The molecule has 4 rings (SSSR count). The summed E-state index contributed by atoms with van der Waals surface area (Å²) in [5.41, 5.74) is 4.72. The Bertz CT molecular complexity index is 994. The van der Waals surface area contributed by atoms with Crippen molar-refractivity contribution in [3.05, 3.63) is 77.1 Å². The number of hydrogen-bond acceptors (Lipinski definition) is 4. The summed E-state index contributed by atoms with van der Waals surface area (Å²) in [5, 5.41) is 6.99. The number of aromatic nitrogens is 2. The summed E-state index contributed by atoms with van der Waals surface area (Å²) in [6, 6.07) is 17.7. The average Bonchev–Trinajstić information content (AvgIpc) is 3.17. The van der Waals surface area contributed by atoms with Crippen LogP contribution in [0, 0.1) is 0 Å². The van der Waals surface area contributed by atoms with Gasteiger partial charge in [-0.15, -0.1) is 0 Å². The molecule has 1 aliphatic heterocycles. The molecule has 0 atom stereocenters. The van der Waals surface area contributed by atoms with Gasteiger partial charge in [-0.3, -0.25) is 9.89 Å². The first kappa shape index (κ1) is 18.0. The van der Waals surface area contributed by atoms with E-state index in [1.807, 2.05) is 54.6 Å². The van der Waals surface area contributed by atoms with Gasteiger partial charge in [0.15, 0.2) is 5.69 Å². The number of aromatic amines is 1. The van der Waals surface area contributed by atoms with Gasteiger partial charge in [-0.1, -0.05) is 42.5 Å². The fourth-order valence-electron chi connectivity index (χ4n) is 3.46. The number of carbonyl (C=O) groups excluding carboxylic acids is 2. The lowest BCUT2D eigenvalue weighted by Crippen LogP contribution is -2.36. The zero-order chi connectivity index (χ0) is 19.5. The molecule has 0 spiro atoms. The van der Waals surface area contributed by atoms with Crippen LogP contribution in [0.1, 0.15) is 39.0 Å². The summed E-state index contributed by atoms with van der Waals surface area (Å²) in [7, 11) is 0. The van der Waals surface area contributed by atoms with Gasteiger partial charge in [0.1, 0.15) is 0 Å². The van der Waals surface area contributed by atoms with Crippen molar-refractivity contribution in [3.63, 3.8) is 0 Å². The quantitative estimate of drug-likeness (QED) is 0.709. The normalized spacial score (nSPS) is 13.1. The second-order valence-corrected chi connectivity index (χ2v) is 6.67. The van der Waals surface area contributed by atoms with Gasteiger partial charge in [-0.25, -0.2) is 4.79 Å². The fraction of sp³-hybridized carbons (Fsp3) is 0.227. The van der Waals surface area contributed by atoms with Crippen molar-refractivity contribution >= 4 is 11.9 Å². The number of rotatable bonds is 4. The molecule has 6 heteroatoms. The standard InChI is InChI=1S/C22H21N3O3/c1-2-28-22(27)20-18-14-25(13-12-19(18)23-24-20)21(26)17-10-8-16(9-11-17)15-6-4-3-5-7-15/h3-11H,2,12-14H2,1H3,(H,23,24). The predicted octanol–water partition coefficient (Wildman–Crippen LogP) is 3.45. The molecule has 1 aliphatic rings. The smallest absolute Gasteiger partial charge is 0.359 e. The van der Waals surface area contributed by atoms with Crippen LogP contribution in [0.3, 0.4) is 0 Å². The van der Waals surface area contributed by atoms with Crippen LogP contribution in [0.15, 0.2) is 54.6 Å². The first-order valence-corrected chi connectivity index (χ1v) is 9.35.